The summed E-state index contributed by atoms with van der Waals surface area (Å²) in [7, 11) is 0. The van der Waals surface area contributed by atoms with Gasteiger partial charge in [-0.05, 0) is 24.3 Å². The molecule has 7 heteroatoms. The Morgan fingerprint density at radius 3 is 2.37 bits per heavy atom. The molecule has 0 bridgehead atoms. The van der Waals surface area contributed by atoms with E-state index in [9.17, 15) is 14.4 Å². The van der Waals surface area contributed by atoms with Crippen LogP contribution in [0, 0.1) is 17.3 Å². The van der Waals surface area contributed by atoms with Crippen LogP contribution in [0.15, 0.2) is 17.5 Å². The minimum atomic E-state index is -0.637. The number of thiophene rings is 1. The van der Waals surface area contributed by atoms with Gasteiger partial charge in [-0.3, -0.25) is 14.4 Å². The molecule has 0 N–H and O–H groups in total. The zero-order valence-corrected chi connectivity index (χ0v) is 16.8. The second kappa shape index (κ2) is 6.93. The normalized spacial score (nSPS) is 27.5. The predicted octanol–water partition coefficient (Wildman–Crippen LogP) is 1.93. The highest BCUT2D eigenvalue weighted by Crippen LogP contribution is 2.45. The highest BCUT2D eigenvalue weighted by Gasteiger charge is 2.60. The summed E-state index contributed by atoms with van der Waals surface area (Å²) < 4.78 is 0. The third-order valence-corrected chi connectivity index (χ3v) is 7.11. The van der Waals surface area contributed by atoms with Crippen molar-refractivity contribution in [3.05, 3.63) is 22.4 Å². The standard InChI is InChI=1S/C20H27N3O3S/c1-14(2)17(24)22-10-15-11-23(18(25)16-6-5-9-27-16)13-20(15,12-22)19(26)21-7-3-4-8-21/h5-6,9,14-15H,3-4,7-8,10-13H2,1-2H3/t15-,20-/m0/s1. The van der Waals surface area contributed by atoms with Gasteiger partial charge >= 0.3 is 0 Å². The van der Waals surface area contributed by atoms with Gasteiger partial charge in [0.25, 0.3) is 5.91 Å². The molecule has 4 heterocycles. The van der Waals surface area contributed by atoms with Gasteiger partial charge in [0.1, 0.15) is 0 Å². The average Bonchev–Trinajstić information content (AvgIpc) is 3.43. The van der Waals surface area contributed by atoms with Crippen LogP contribution in [-0.2, 0) is 9.59 Å². The smallest absolute Gasteiger partial charge is 0.263 e. The molecule has 0 saturated carbocycles. The summed E-state index contributed by atoms with van der Waals surface area (Å²) in [4.78, 5) is 45.3. The molecule has 0 unspecified atom stereocenters. The Morgan fingerprint density at radius 2 is 1.74 bits per heavy atom. The van der Waals surface area contributed by atoms with Gasteiger partial charge in [-0.25, -0.2) is 0 Å². The first-order valence-corrected chi connectivity index (χ1v) is 10.7. The van der Waals surface area contributed by atoms with Crippen molar-refractivity contribution >= 4 is 29.1 Å². The number of hydrogen-bond donors (Lipinski definition) is 0. The van der Waals surface area contributed by atoms with E-state index in [4.69, 9.17) is 0 Å². The van der Waals surface area contributed by atoms with Crippen LogP contribution in [0.25, 0.3) is 0 Å². The van der Waals surface area contributed by atoms with Crippen LogP contribution in [0.2, 0.25) is 0 Å². The van der Waals surface area contributed by atoms with Crippen molar-refractivity contribution in [2.45, 2.75) is 26.7 Å². The molecule has 2 atom stereocenters. The lowest BCUT2D eigenvalue weighted by atomic mass is 9.79. The van der Waals surface area contributed by atoms with Crippen LogP contribution in [0.4, 0.5) is 0 Å². The van der Waals surface area contributed by atoms with Crippen molar-refractivity contribution < 1.29 is 14.4 Å². The second-order valence-corrected chi connectivity index (χ2v) is 9.34. The Labute approximate surface area is 164 Å². The lowest BCUT2D eigenvalue weighted by Gasteiger charge is -2.32. The molecule has 0 aliphatic carbocycles. The van der Waals surface area contributed by atoms with E-state index in [0.717, 1.165) is 25.9 Å². The van der Waals surface area contributed by atoms with Crippen LogP contribution in [-0.4, -0.2) is 71.7 Å². The Morgan fingerprint density at radius 1 is 1.07 bits per heavy atom. The molecular weight excluding hydrogens is 362 g/mol. The van der Waals surface area contributed by atoms with E-state index in [1.165, 1.54) is 11.3 Å². The van der Waals surface area contributed by atoms with Gasteiger partial charge in [-0.2, -0.15) is 0 Å². The zero-order chi connectivity index (χ0) is 19.2. The Kier molecular flexibility index (Phi) is 4.74. The Bertz CT molecular complexity index is 742. The number of carbonyl (C=O) groups is 3. The van der Waals surface area contributed by atoms with Crippen molar-refractivity contribution in [3.8, 4) is 0 Å². The Balaban J connectivity index is 1.60. The van der Waals surface area contributed by atoms with Crippen molar-refractivity contribution in [2.24, 2.45) is 17.3 Å². The van der Waals surface area contributed by atoms with Crippen LogP contribution in [0.1, 0.15) is 36.4 Å². The summed E-state index contributed by atoms with van der Waals surface area (Å²) in [6.45, 7) is 7.39. The molecule has 4 rings (SSSR count). The van der Waals surface area contributed by atoms with Crippen molar-refractivity contribution in [2.75, 3.05) is 39.3 Å². The topological polar surface area (TPSA) is 60.9 Å². The predicted molar refractivity (Wildman–Crippen MR) is 103 cm³/mol. The first-order valence-electron chi connectivity index (χ1n) is 9.83. The van der Waals surface area contributed by atoms with E-state index < -0.39 is 5.41 Å². The molecule has 3 saturated heterocycles. The van der Waals surface area contributed by atoms with E-state index in [1.54, 1.807) is 0 Å². The maximum atomic E-state index is 13.5. The second-order valence-electron chi connectivity index (χ2n) is 8.39. The zero-order valence-electron chi connectivity index (χ0n) is 16.0. The van der Waals surface area contributed by atoms with Crippen molar-refractivity contribution in [1.82, 2.24) is 14.7 Å². The van der Waals surface area contributed by atoms with Crippen LogP contribution >= 0.6 is 11.3 Å². The van der Waals surface area contributed by atoms with Gasteiger partial charge in [0, 0.05) is 51.1 Å². The summed E-state index contributed by atoms with van der Waals surface area (Å²) in [6.07, 6.45) is 2.08. The van der Waals surface area contributed by atoms with Gasteiger partial charge in [-0.15, -0.1) is 11.3 Å². The SMILES string of the molecule is CC(C)C(=O)N1C[C@H]2CN(C(=O)c3cccs3)C[C@@]2(C(=O)N2CCCC2)C1. The summed E-state index contributed by atoms with van der Waals surface area (Å²) in [5.74, 6) is 0.207. The number of likely N-dealkylation sites (tertiary alicyclic amines) is 3. The number of hydrogen-bond acceptors (Lipinski definition) is 4. The average molecular weight is 390 g/mol. The maximum absolute atomic E-state index is 13.5. The third-order valence-electron chi connectivity index (χ3n) is 6.25. The van der Waals surface area contributed by atoms with Crippen LogP contribution in [0.5, 0.6) is 0 Å². The number of nitrogens with zero attached hydrogens (tertiary/aromatic N) is 3. The number of carbonyl (C=O) groups excluding carboxylic acids is 3. The molecule has 6 nitrogen and oxygen atoms in total. The molecule has 0 radical (unpaired) electrons. The molecule has 3 aliphatic heterocycles. The third kappa shape index (κ3) is 3.06. The van der Waals surface area contributed by atoms with E-state index in [0.29, 0.717) is 31.1 Å². The van der Waals surface area contributed by atoms with Crippen molar-refractivity contribution in [1.29, 1.82) is 0 Å². The molecule has 1 aromatic rings. The molecule has 27 heavy (non-hydrogen) atoms. The lowest BCUT2D eigenvalue weighted by molar-refractivity contribution is -0.141. The van der Waals surface area contributed by atoms with E-state index >= 15 is 0 Å². The largest absolute Gasteiger partial charge is 0.342 e. The Hall–Kier alpha value is -1.89. The summed E-state index contributed by atoms with van der Waals surface area (Å²) in [5, 5.41) is 1.90. The monoisotopic (exact) mass is 389 g/mol. The number of fused-ring (bicyclic) bond motifs is 1. The summed E-state index contributed by atoms with van der Waals surface area (Å²) in [5.41, 5.74) is -0.637. The van der Waals surface area contributed by atoms with E-state index in [2.05, 4.69) is 0 Å². The molecule has 3 fully saturated rings. The first kappa shape index (κ1) is 18.5. The first-order chi connectivity index (χ1) is 12.9. The van der Waals surface area contributed by atoms with E-state index in [1.807, 2.05) is 46.1 Å². The maximum Gasteiger partial charge on any atom is 0.263 e. The van der Waals surface area contributed by atoms with Crippen LogP contribution in [0.3, 0.4) is 0 Å². The van der Waals surface area contributed by atoms with Crippen molar-refractivity contribution in [3.63, 3.8) is 0 Å². The fourth-order valence-electron chi connectivity index (χ4n) is 4.85. The number of amides is 3. The van der Waals surface area contributed by atoms with Gasteiger partial charge in [0.2, 0.25) is 11.8 Å². The minimum absolute atomic E-state index is 0.00901. The molecular formula is C20H27N3O3S. The minimum Gasteiger partial charge on any atom is -0.342 e. The number of rotatable bonds is 3. The molecule has 3 amide bonds. The van der Waals surface area contributed by atoms with Gasteiger partial charge in [0.15, 0.2) is 0 Å². The fraction of sp³-hybridized carbons (Fsp3) is 0.650. The highest BCUT2D eigenvalue weighted by molar-refractivity contribution is 7.12. The molecule has 146 valence electrons. The van der Waals surface area contributed by atoms with E-state index in [-0.39, 0.29) is 29.6 Å². The highest BCUT2D eigenvalue weighted by atomic mass is 32.1. The molecule has 0 spiro atoms. The fourth-order valence-corrected chi connectivity index (χ4v) is 5.54. The van der Waals surface area contributed by atoms with Gasteiger partial charge < -0.3 is 14.7 Å². The van der Waals surface area contributed by atoms with Crippen LogP contribution < -0.4 is 0 Å². The molecule has 0 aromatic carbocycles. The summed E-state index contributed by atoms with van der Waals surface area (Å²) >= 11 is 1.44. The molecule has 1 aromatic heterocycles. The lowest BCUT2D eigenvalue weighted by Crippen LogP contribution is -2.49. The van der Waals surface area contributed by atoms with Gasteiger partial charge in [0.05, 0.1) is 10.3 Å². The summed E-state index contributed by atoms with van der Waals surface area (Å²) in [6, 6.07) is 3.72. The molecule has 3 aliphatic rings. The van der Waals surface area contributed by atoms with Gasteiger partial charge in [-0.1, -0.05) is 19.9 Å². The quantitative estimate of drug-likeness (QED) is 0.794.